The molecule has 1 aliphatic heterocycles. The molecule has 0 saturated heterocycles. The number of ether oxygens (including phenoxy) is 1. The van der Waals surface area contributed by atoms with Crippen molar-refractivity contribution >= 4 is 51.3 Å². The second-order valence-electron chi connectivity index (χ2n) is 7.94. The summed E-state index contributed by atoms with van der Waals surface area (Å²) in [5.74, 6) is -0.348. The van der Waals surface area contributed by atoms with E-state index in [-0.39, 0.29) is 5.57 Å². The number of anilines is 1. The first-order valence-electron chi connectivity index (χ1n) is 11.3. The zero-order valence-electron chi connectivity index (χ0n) is 19.4. The fourth-order valence-corrected chi connectivity index (χ4v) is 6.37. The molecule has 0 radical (unpaired) electrons. The molecule has 0 spiro atoms. The monoisotopic (exact) mass is 547 g/mol. The van der Waals surface area contributed by atoms with Crippen LogP contribution in [0.25, 0.3) is 0 Å². The standard InChI is InChI=1S/C27H21N3O4S3/c1-2-14-34-19-12-10-18(11-13-19)22-21(23(31)20-9-6-15-35-20)24(32)25(33)30(22)26-28-29-27(37-26)36-16-17-7-4-3-5-8-17/h2-13,15,22,32H,1,14,16H2. The average molecular weight is 548 g/mol. The minimum Gasteiger partial charge on any atom is -0.503 e. The number of aliphatic hydroxyl groups is 1. The molecular formula is C27H21N3O4S3. The summed E-state index contributed by atoms with van der Waals surface area (Å²) in [6.07, 6.45) is 1.65. The van der Waals surface area contributed by atoms with E-state index in [9.17, 15) is 14.7 Å². The van der Waals surface area contributed by atoms with Gasteiger partial charge in [-0.05, 0) is 34.7 Å². The summed E-state index contributed by atoms with van der Waals surface area (Å²) < 4.78 is 6.26. The molecule has 10 heteroatoms. The van der Waals surface area contributed by atoms with Gasteiger partial charge in [0.25, 0.3) is 5.91 Å². The number of thioether (sulfide) groups is 1. The summed E-state index contributed by atoms with van der Waals surface area (Å²) in [6, 6.07) is 19.6. The van der Waals surface area contributed by atoms with Crippen LogP contribution in [0.2, 0.25) is 0 Å². The van der Waals surface area contributed by atoms with E-state index in [0.29, 0.717) is 38.0 Å². The molecule has 2 aromatic carbocycles. The number of Topliss-reactive ketones (excluding diaryl/α,β-unsaturated/α-hetero) is 1. The van der Waals surface area contributed by atoms with Gasteiger partial charge in [0.05, 0.1) is 16.5 Å². The number of hydrogen-bond acceptors (Lipinski definition) is 9. The molecule has 3 heterocycles. The Morgan fingerprint density at radius 1 is 1.11 bits per heavy atom. The molecule has 0 saturated carbocycles. The number of rotatable bonds is 10. The van der Waals surface area contributed by atoms with Crippen molar-refractivity contribution in [2.75, 3.05) is 11.5 Å². The van der Waals surface area contributed by atoms with E-state index < -0.39 is 23.5 Å². The van der Waals surface area contributed by atoms with Crippen LogP contribution < -0.4 is 9.64 Å². The van der Waals surface area contributed by atoms with E-state index in [0.717, 1.165) is 5.56 Å². The largest absolute Gasteiger partial charge is 0.503 e. The average Bonchev–Trinajstić information content (AvgIpc) is 3.68. The Bertz CT molecular complexity index is 1450. The van der Waals surface area contributed by atoms with Crippen molar-refractivity contribution in [2.45, 2.75) is 16.1 Å². The molecule has 0 fully saturated rings. The first kappa shape index (κ1) is 24.9. The fraction of sp³-hybridized carbons (Fsp3) is 0.111. The fourth-order valence-electron chi connectivity index (χ4n) is 3.87. The van der Waals surface area contributed by atoms with Crippen LogP contribution in [-0.4, -0.2) is 33.6 Å². The van der Waals surface area contributed by atoms with Crippen molar-refractivity contribution in [1.82, 2.24) is 10.2 Å². The summed E-state index contributed by atoms with van der Waals surface area (Å²) in [5, 5.41) is 21.5. The van der Waals surface area contributed by atoms with Gasteiger partial charge in [0, 0.05) is 5.75 Å². The lowest BCUT2D eigenvalue weighted by molar-refractivity contribution is -0.117. The van der Waals surface area contributed by atoms with Gasteiger partial charge in [0.2, 0.25) is 10.9 Å². The third kappa shape index (κ3) is 5.22. The van der Waals surface area contributed by atoms with Crippen molar-refractivity contribution in [1.29, 1.82) is 0 Å². The molecule has 1 aliphatic rings. The van der Waals surface area contributed by atoms with Crippen LogP contribution in [0.4, 0.5) is 5.13 Å². The maximum absolute atomic E-state index is 13.4. The van der Waals surface area contributed by atoms with Crippen LogP contribution in [0.15, 0.2) is 100 Å². The van der Waals surface area contributed by atoms with Gasteiger partial charge in [-0.25, -0.2) is 0 Å². The highest BCUT2D eigenvalue weighted by Crippen LogP contribution is 2.44. The summed E-state index contributed by atoms with van der Waals surface area (Å²) in [6.45, 7) is 4.00. The molecular weight excluding hydrogens is 527 g/mol. The Kier molecular flexibility index (Phi) is 7.50. The van der Waals surface area contributed by atoms with E-state index >= 15 is 0 Å². The van der Waals surface area contributed by atoms with Crippen LogP contribution in [0.3, 0.4) is 0 Å². The van der Waals surface area contributed by atoms with Crippen LogP contribution in [-0.2, 0) is 10.5 Å². The number of amides is 1. The minimum absolute atomic E-state index is 0.0147. The maximum Gasteiger partial charge on any atom is 0.296 e. The van der Waals surface area contributed by atoms with Crippen LogP contribution in [0.5, 0.6) is 5.75 Å². The molecule has 0 aliphatic carbocycles. The number of thiophene rings is 1. The van der Waals surface area contributed by atoms with Gasteiger partial charge in [0.1, 0.15) is 12.4 Å². The smallest absolute Gasteiger partial charge is 0.296 e. The minimum atomic E-state index is -0.865. The molecule has 1 atom stereocenters. The SMILES string of the molecule is C=CCOc1ccc(C2C(C(=O)c3cccs3)=C(O)C(=O)N2c2nnc(SCc3ccccc3)s2)cc1. The molecule has 4 aromatic rings. The van der Waals surface area contributed by atoms with E-state index in [1.807, 2.05) is 30.3 Å². The van der Waals surface area contributed by atoms with E-state index in [4.69, 9.17) is 4.74 Å². The number of aliphatic hydroxyl groups excluding tert-OH is 1. The Morgan fingerprint density at radius 2 is 1.89 bits per heavy atom. The maximum atomic E-state index is 13.4. The molecule has 2 aromatic heterocycles. The summed E-state index contributed by atoms with van der Waals surface area (Å²) in [4.78, 5) is 28.6. The van der Waals surface area contributed by atoms with Crippen molar-refractivity contribution < 1.29 is 19.4 Å². The van der Waals surface area contributed by atoms with Gasteiger partial charge >= 0.3 is 0 Å². The lowest BCUT2D eigenvalue weighted by atomic mass is 9.95. The lowest BCUT2D eigenvalue weighted by Gasteiger charge is -2.24. The third-order valence-corrected chi connectivity index (χ3v) is 8.56. The third-order valence-electron chi connectivity index (χ3n) is 5.57. The molecule has 1 unspecified atom stereocenters. The molecule has 37 heavy (non-hydrogen) atoms. The highest BCUT2D eigenvalue weighted by Gasteiger charge is 2.46. The van der Waals surface area contributed by atoms with Gasteiger partial charge in [-0.2, -0.15) is 0 Å². The van der Waals surface area contributed by atoms with E-state index in [1.54, 1.807) is 47.9 Å². The quantitative estimate of drug-likeness (QED) is 0.109. The molecule has 0 bridgehead atoms. The van der Waals surface area contributed by atoms with Crippen LogP contribution in [0.1, 0.15) is 26.8 Å². The zero-order valence-corrected chi connectivity index (χ0v) is 21.9. The summed E-state index contributed by atoms with van der Waals surface area (Å²) in [7, 11) is 0. The van der Waals surface area contributed by atoms with E-state index in [2.05, 4.69) is 16.8 Å². The van der Waals surface area contributed by atoms with Gasteiger partial charge in [0.15, 0.2) is 10.1 Å². The van der Waals surface area contributed by atoms with Crippen LogP contribution >= 0.6 is 34.4 Å². The number of nitrogens with zero attached hydrogens (tertiary/aromatic N) is 3. The highest BCUT2D eigenvalue weighted by atomic mass is 32.2. The molecule has 5 rings (SSSR count). The van der Waals surface area contributed by atoms with Crippen molar-refractivity contribution in [3.05, 3.63) is 112 Å². The number of hydrogen-bond donors (Lipinski definition) is 1. The molecule has 1 N–H and O–H groups in total. The van der Waals surface area contributed by atoms with Crippen molar-refractivity contribution in [2.24, 2.45) is 0 Å². The normalized spacial score (nSPS) is 15.3. The lowest BCUT2D eigenvalue weighted by Crippen LogP contribution is -2.31. The number of aromatic nitrogens is 2. The van der Waals surface area contributed by atoms with E-state index in [1.165, 1.54) is 39.3 Å². The molecule has 1 amide bonds. The topological polar surface area (TPSA) is 92.6 Å². The van der Waals surface area contributed by atoms with Gasteiger partial charge in [-0.1, -0.05) is 84.3 Å². The summed E-state index contributed by atoms with van der Waals surface area (Å²) in [5.41, 5.74) is 1.79. The number of ketones is 1. The predicted octanol–water partition coefficient (Wildman–Crippen LogP) is 6.24. The van der Waals surface area contributed by atoms with Gasteiger partial charge < -0.3 is 9.84 Å². The Balaban J connectivity index is 1.48. The number of carbonyl (C=O) groups excluding carboxylic acids is 2. The second kappa shape index (κ2) is 11.1. The van der Waals surface area contributed by atoms with Gasteiger partial charge in [-0.15, -0.1) is 21.5 Å². The van der Waals surface area contributed by atoms with Crippen LogP contribution in [0, 0.1) is 0 Å². The van der Waals surface area contributed by atoms with Crippen molar-refractivity contribution in [3.63, 3.8) is 0 Å². The number of carbonyl (C=O) groups is 2. The molecule has 7 nitrogen and oxygen atoms in total. The predicted molar refractivity (Wildman–Crippen MR) is 147 cm³/mol. The highest BCUT2D eigenvalue weighted by molar-refractivity contribution is 8.00. The zero-order chi connectivity index (χ0) is 25.8. The first-order chi connectivity index (χ1) is 18.1. The first-order valence-corrected chi connectivity index (χ1v) is 13.9. The van der Waals surface area contributed by atoms with Crippen molar-refractivity contribution in [3.8, 4) is 5.75 Å². The molecule has 186 valence electrons. The Labute approximate surface area is 225 Å². The summed E-state index contributed by atoms with van der Waals surface area (Å²) >= 11 is 4.00. The Hall–Kier alpha value is -3.73. The Morgan fingerprint density at radius 3 is 2.59 bits per heavy atom. The number of benzene rings is 2. The second-order valence-corrected chi connectivity index (χ2v) is 11.1. The van der Waals surface area contributed by atoms with Gasteiger partial charge in [-0.3, -0.25) is 14.5 Å².